The molecule has 0 saturated heterocycles. The summed E-state index contributed by atoms with van der Waals surface area (Å²) in [7, 11) is 0. The number of fused-ring (bicyclic) bond motifs is 1. The van der Waals surface area contributed by atoms with Crippen molar-refractivity contribution in [1.29, 1.82) is 0 Å². The topological polar surface area (TPSA) is 83.0 Å². The van der Waals surface area contributed by atoms with Crippen LogP contribution >= 0.6 is 0 Å². The molecule has 0 aliphatic heterocycles. The van der Waals surface area contributed by atoms with Crippen LogP contribution in [0.1, 0.15) is 28.5 Å². The molecule has 0 radical (unpaired) electrons. The van der Waals surface area contributed by atoms with Gasteiger partial charge in [0.25, 0.3) is 5.91 Å². The van der Waals surface area contributed by atoms with Crippen molar-refractivity contribution in [3.8, 4) is 0 Å². The number of nitrogens with zero attached hydrogens (tertiary/aromatic N) is 3. The molecule has 1 aromatic carbocycles. The summed E-state index contributed by atoms with van der Waals surface area (Å²) in [5, 5.41) is 10.7. The number of benzene rings is 1. The summed E-state index contributed by atoms with van der Waals surface area (Å²) in [4.78, 5) is 20.4. The quantitative estimate of drug-likeness (QED) is 0.538. The van der Waals surface area contributed by atoms with E-state index in [1.807, 2.05) is 50.3 Å². The molecule has 0 spiro atoms. The van der Waals surface area contributed by atoms with Crippen molar-refractivity contribution in [2.75, 3.05) is 5.32 Å². The van der Waals surface area contributed by atoms with E-state index in [2.05, 4.69) is 32.2 Å². The standard InChI is InChI=1S/C20H19N5O/c1-13-9-16(12-22-11-13)23-20(26)19-17-10-15(6-7-18(17)24-25-19)14(2)5-4-8-21-3/h4-12H,3H2,1-2H3,(H,23,26)(H,24,25)/b8-4-,14-5+. The van der Waals surface area contributed by atoms with E-state index in [1.54, 1.807) is 18.6 Å². The largest absolute Gasteiger partial charge is 0.319 e. The SMILES string of the molecule is C=N/C=C\C=C(/C)c1ccc2[nH]nc(C(=O)Nc3cncc(C)c3)c2c1. The van der Waals surface area contributed by atoms with E-state index in [9.17, 15) is 4.79 Å². The Morgan fingerprint density at radius 1 is 1.31 bits per heavy atom. The van der Waals surface area contributed by atoms with Crippen LogP contribution in [0.25, 0.3) is 16.5 Å². The van der Waals surface area contributed by atoms with Crippen LogP contribution in [-0.4, -0.2) is 27.8 Å². The van der Waals surface area contributed by atoms with Crippen molar-refractivity contribution in [3.63, 3.8) is 0 Å². The van der Waals surface area contributed by atoms with Crippen molar-refractivity contribution in [2.24, 2.45) is 4.99 Å². The summed E-state index contributed by atoms with van der Waals surface area (Å²) >= 11 is 0. The van der Waals surface area contributed by atoms with Gasteiger partial charge in [0.15, 0.2) is 5.69 Å². The number of carbonyl (C=O) groups is 1. The Labute approximate surface area is 151 Å². The number of aliphatic imine (C=N–C) groups is 1. The summed E-state index contributed by atoms with van der Waals surface area (Å²) in [5.74, 6) is -0.279. The fourth-order valence-electron chi connectivity index (χ4n) is 2.59. The number of rotatable bonds is 5. The highest BCUT2D eigenvalue weighted by molar-refractivity contribution is 6.11. The third-order valence-electron chi connectivity index (χ3n) is 3.90. The lowest BCUT2D eigenvalue weighted by Gasteiger charge is -2.05. The summed E-state index contributed by atoms with van der Waals surface area (Å²) < 4.78 is 0. The Kier molecular flexibility index (Phi) is 5.03. The van der Waals surface area contributed by atoms with E-state index in [4.69, 9.17) is 0 Å². The van der Waals surface area contributed by atoms with Crippen LogP contribution in [0, 0.1) is 6.92 Å². The molecule has 3 rings (SSSR count). The Bertz CT molecular complexity index is 1030. The maximum atomic E-state index is 12.6. The summed E-state index contributed by atoms with van der Waals surface area (Å²) in [6.45, 7) is 7.32. The molecule has 0 unspecified atom stereocenters. The van der Waals surface area contributed by atoms with Gasteiger partial charge in [-0.25, -0.2) is 0 Å². The first-order chi connectivity index (χ1) is 12.6. The predicted molar refractivity (Wildman–Crippen MR) is 105 cm³/mol. The van der Waals surface area contributed by atoms with Gasteiger partial charge in [-0.1, -0.05) is 12.1 Å². The summed E-state index contributed by atoms with van der Waals surface area (Å²) in [6.07, 6.45) is 8.72. The van der Waals surface area contributed by atoms with Gasteiger partial charge in [0.05, 0.1) is 17.4 Å². The molecule has 26 heavy (non-hydrogen) atoms. The number of nitrogens with one attached hydrogen (secondary N) is 2. The van der Waals surface area contributed by atoms with Crippen molar-refractivity contribution < 1.29 is 4.79 Å². The lowest BCUT2D eigenvalue weighted by Crippen LogP contribution is -2.13. The summed E-state index contributed by atoms with van der Waals surface area (Å²) in [6, 6.07) is 7.70. The van der Waals surface area contributed by atoms with E-state index >= 15 is 0 Å². The minimum absolute atomic E-state index is 0.279. The molecule has 0 aliphatic rings. The average molecular weight is 345 g/mol. The second-order valence-corrected chi connectivity index (χ2v) is 5.91. The Hall–Kier alpha value is -3.54. The number of aromatic nitrogens is 3. The third kappa shape index (κ3) is 3.75. The van der Waals surface area contributed by atoms with Crippen LogP contribution in [0.15, 0.2) is 60.0 Å². The van der Waals surface area contributed by atoms with Crippen LogP contribution in [-0.2, 0) is 0 Å². The zero-order valence-electron chi connectivity index (χ0n) is 14.7. The molecular weight excluding hydrogens is 326 g/mol. The Balaban J connectivity index is 1.92. The van der Waals surface area contributed by atoms with Crippen LogP contribution < -0.4 is 5.32 Å². The molecule has 0 aliphatic carbocycles. The zero-order chi connectivity index (χ0) is 18.5. The van der Waals surface area contributed by atoms with Crippen LogP contribution in [0.2, 0.25) is 0 Å². The first-order valence-electron chi connectivity index (χ1n) is 8.09. The average Bonchev–Trinajstić information content (AvgIpc) is 3.05. The van der Waals surface area contributed by atoms with Crippen LogP contribution in [0.5, 0.6) is 0 Å². The van der Waals surface area contributed by atoms with Crippen molar-refractivity contribution in [3.05, 3.63) is 71.8 Å². The van der Waals surface area contributed by atoms with Gasteiger partial charge in [-0.05, 0) is 61.5 Å². The molecule has 0 fully saturated rings. The normalized spacial score (nSPS) is 11.8. The monoisotopic (exact) mass is 345 g/mol. The molecule has 1 amide bonds. The lowest BCUT2D eigenvalue weighted by molar-refractivity contribution is 0.102. The number of hydrogen-bond donors (Lipinski definition) is 2. The Morgan fingerprint density at radius 3 is 2.92 bits per heavy atom. The van der Waals surface area contributed by atoms with E-state index in [0.29, 0.717) is 11.4 Å². The molecule has 130 valence electrons. The molecule has 6 nitrogen and oxygen atoms in total. The smallest absolute Gasteiger partial charge is 0.276 e. The van der Waals surface area contributed by atoms with Gasteiger partial charge in [-0.3, -0.25) is 19.9 Å². The van der Waals surface area contributed by atoms with Crippen LogP contribution in [0.4, 0.5) is 5.69 Å². The minimum atomic E-state index is -0.279. The van der Waals surface area contributed by atoms with E-state index in [0.717, 1.165) is 27.6 Å². The highest BCUT2D eigenvalue weighted by Gasteiger charge is 2.15. The number of amides is 1. The number of H-pyrrole nitrogens is 1. The van der Waals surface area contributed by atoms with Gasteiger partial charge in [-0.2, -0.15) is 5.10 Å². The van der Waals surface area contributed by atoms with Gasteiger partial charge in [0.1, 0.15) is 0 Å². The second-order valence-electron chi connectivity index (χ2n) is 5.91. The number of aromatic amines is 1. The minimum Gasteiger partial charge on any atom is -0.319 e. The molecule has 3 aromatic rings. The van der Waals surface area contributed by atoms with E-state index in [1.165, 1.54) is 0 Å². The maximum Gasteiger partial charge on any atom is 0.276 e. The van der Waals surface area contributed by atoms with Crippen LogP contribution in [0.3, 0.4) is 0 Å². The number of anilines is 1. The van der Waals surface area contributed by atoms with E-state index in [-0.39, 0.29) is 5.91 Å². The van der Waals surface area contributed by atoms with Gasteiger partial charge < -0.3 is 5.32 Å². The number of hydrogen-bond acceptors (Lipinski definition) is 4. The number of allylic oxidation sites excluding steroid dienone is 3. The molecule has 2 heterocycles. The first kappa shape index (κ1) is 17.3. The summed E-state index contributed by atoms with van der Waals surface area (Å²) in [5.41, 5.74) is 4.80. The Morgan fingerprint density at radius 2 is 2.15 bits per heavy atom. The highest BCUT2D eigenvalue weighted by atomic mass is 16.1. The maximum absolute atomic E-state index is 12.6. The van der Waals surface area contributed by atoms with E-state index < -0.39 is 0 Å². The molecule has 2 N–H and O–H groups in total. The second kappa shape index (κ2) is 7.57. The molecule has 2 aromatic heterocycles. The third-order valence-corrected chi connectivity index (χ3v) is 3.90. The molecule has 0 atom stereocenters. The van der Waals surface area contributed by atoms with Crippen molar-refractivity contribution >= 4 is 34.8 Å². The molecular formula is C20H19N5O. The number of carbonyl (C=O) groups excluding carboxylic acids is 1. The fourth-order valence-corrected chi connectivity index (χ4v) is 2.59. The molecule has 6 heteroatoms. The number of aryl methyl sites for hydroxylation is 1. The first-order valence-corrected chi connectivity index (χ1v) is 8.09. The van der Waals surface area contributed by atoms with Gasteiger partial charge in [0, 0.05) is 17.8 Å². The molecule has 0 bridgehead atoms. The molecule has 0 saturated carbocycles. The van der Waals surface area contributed by atoms with Gasteiger partial charge in [0.2, 0.25) is 0 Å². The fraction of sp³-hybridized carbons (Fsp3) is 0.100. The zero-order valence-corrected chi connectivity index (χ0v) is 14.7. The van der Waals surface area contributed by atoms with Gasteiger partial charge in [-0.15, -0.1) is 0 Å². The van der Waals surface area contributed by atoms with Gasteiger partial charge >= 0.3 is 0 Å². The highest BCUT2D eigenvalue weighted by Crippen LogP contribution is 2.23. The lowest BCUT2D eigenvalue weighted by atomic mass is 10.0. The van der Waals surface area contributed by atoms with Crippen molar-refractivity contribution in [2.45, 2.75) is 13.8 Å². The number of pyridine rings is 1. The van der Waals surface area contributed by atoms with Crippen molar-refractivity contribution in [1.82, 2.24) is 15.2 Å². The predicted octanol–water partition coefficient (Wildman–Crippen LogP) is 4.14.